The Hall–Kier alpha value is -4.83. The van der Waals surface area contributed by atoms with Gasteiger partial charge in [-0.15, -0.1) is 0 Å². The molecule has 4 aromatic rings. The van der Waals surface area contributed by atoms with E-state index in [4.69, 9.17) is 4.74 Å². The van der Waals surface area contributed by atoms with E-state index in [0.717, 1.165) is 16.8 Å². The van der Waals surface area contributed by atoms with Crippen molar-refractivity contribution in [3.8, 4) is 22.7 Å². The first-order chi connectivity index (χ1) is 20.5. The second-order valence-corrected chi connectivity index (χ2v) is 10.1. The Morgan fingerprint density at radius 1 is 0.952 bits per heavy atom. The van der Waals surface area contributed by atoms with Crippen LogP contribution in [0.15, 0.2) is 83.7 Å². The number of rotatable bonds is 9. The SMILES string of the molecule is COc1cccc(NC(=O)NCCCn2c(C(=O)N3CCNCC3)c(-c3ccccc3)n(-c3ccccc3C)c2=O)c1. The molecule has 0 bridgehead atoms. The lowest BCUT2D eigenvalue weighted by atomic mass is 10.1. The monoisotopic (exact) mass is 568 g/mol. The van der Waals surface area contributed by atoms with E-state index >= 15 is 0 Å². The molecule has 10 nitrogen and oxygen atoms in total. The van der Waals surface area contributed by atoms with Gasteiger partial charge in [-0.1, -0.05) is 54.6 Å². The summed E-state index contributed by atoms with van der Waals surface area (Å²) in [4.78, 5) is 42.6. The van der Waals surface area contributed by atoms with Gasteiger partial charge in [-0.25, -0.2) is 9.59 Å². The standard InChI is InChI=1S/C32H36N6O4/c1-23-10-6-7-15-27(23)38-28(24-11-4-3-5-12-24)29(30(39)36-20-17-33-18-21-36)37(32(38)41)19-9-16-34-31(40)35-25-13-8-14-26(22-25)42-2/h3-8,10-15,22,33H,9,16-21H2,1-2H3,(H2,34,35,40). The Balaban J connectivity index is 1.47. The van der Waals surface area contributed by atoms with E-state index in [1.807, 2.05) is 61.5 Å². The number of carbonyl (C=O) groups is 2. The second-order valence-electron chi connectivity index (χ2n) is 10.1. The number of amides is 3. The number of hydrogen-bond donors (Lipinski definition) is 3. The van der Waals surface area contributed by atoms with Gasteiger partial charge in [0.1, 0.15) is 11.4 Å². The lowest BCUT2D eigenvalue weighted by molar-refractivity contribution is 0.0725. The molecule has 1 fully saturated rings. The number of methoxy groups -OCH3 is 1. The van der Waals surface area contributed by atoms with Crippen LogP contribution in [-0.2, 0) is 6.54 Å². The number of urea groups is 1. The normalized spacial score (nSPS) is 13.0. The third kappa shape index (κ3) is 6.23. The third-order valence-corrected chi connectivity index (χ3v) is 7.32. The molecule has 3 amide bonds. The molecule has 0 aliphatic carbocycles. The molecule has 5 rings (SSSR count). The number of aryl methyl sites for hydroxylation is 1. The molecule has 0 saturated carbocycles. The Kier molecular flexibility index (Phi) is 9.03. The minimum atomic E-state index is -0.366. The van der Waals surface area contributed by atoms with Gasteiger partial charge in [0.2, 0.25) is 0 Å². The molecule has 3 N–H and O–H groups in total. The summed E-state index contributed by atoms with van der Waals surface area (Å²) in [6, 6.07) is 24.0. The Bertz CT molecular complexity index is 1600. The molecule has 3 aromatic carbocycles. The predicted molar refractivity (Wildman–Crippen MR) is 164 cm³/mol. The average Bonchev–Trinajstić information content (AvgIpc) is 3.31. The summed E-state index contributed by atoms with van der Waals surface area (Å²) in [7, 11) is 1.57. The molecule has 2 heterocycles. The second kappa shape index (κ2) is 13.2. The van der Waals surface area contributed by atoms with Gasteiger partial charge in [0.25, 0.3) is 5.91 Å². The first kappa shape index (κ1) is 28.7. The zero-order chi connectivity index (χ0) is 29.5. The summed E-state index contributed by atoms with van der Waals surface area (Å²) >= 11 is 0. The van der Waals surface area contributed by atoms with Gasteiger partial charge in [0.05, 0.1) is 18.5 Å². The van der Waals surface area contributed by atoms with E-state index in [0.29, 0.717) is 62.0 Å². The van der Waals surface area contributed by atoms with Crippen LogP contribution >= 0.6 is 0 Å². The number of carbonyl (C=O) groups excluding carboxylic acids is 2. The van der Waals surface area contributed by atoms with Crippen molar-refractivity contribution in [1.29, 1.82) is 0 Å². The van der Waals surface area contributed by atoms with E-state index in [-0.39, 0.29) is 24.2 Å². The van der Waals surface area contributed by atoms with E-state index < -0.39 is 0 Å². The van der Waals surface area contributed by atoms with Crippen LogP contribution in [0.3, 0.4) is 0 Å². The van der Waals surface area contributed by atoms with Gasteiger partial charge < -0.3 is 25.6 Å². The van der Waals surface area contributed by atoms with Crippen LogP contribution in [0.25, 0.3) is 16.9 Å². The topological polar surface area (TPSA) is 110 Å². The summed E-state index contributed by atoms with van der Waals surface area (Å²) in [5.41, 5.74) is 3.68. The van der Waals surface area contributed by atoms with Crippen LogP contribution in [0.1, 0.15) is 22.5 Å². The molecule has 1 aromatic heterocycles. The highest BCUT2D eigenvalue weighted by atomic mass is 16.5. The van der Waals surface area contributed by atoms with Gasteiger partial charge >= 0.3 is 11.7 Å². The number of imidazole rings is 1. The van der Waals surface area contributed by atoms with Crippen LogP contribution < -0.4 is 26.4 Å². The van der Waals surface area contributed by atoms with E-state index in [9.17, 15) is 14.4 Å². The lowest BCUT2D eigenvalue weighted by Crippen LogP contribution is -2.47. The van der Waals surface area contributed by atoms with Gasteiger partial charge in [0, 0.05) is 56.6 Å². The molecule has 0 atom stereocenters. The maximum Gasteiger partial charge on any atom is 0.333 e. The van der Waals surface area contributed by atoms with Crippen molar-refractivity contribution in [3.05, 3.63) is 101 Å². The van der Waals surface area contributed by atoms with E-state index in [1.165, 1.54) is 0 Å². The molecule has 1 aliphatic rings. The number of benzene rings is 3. The van der Waals surface area contributed by atoms with E-state index in [1.54, 1.807) is 45.4 Å². The number of ether oxygens (including phenoxy) is 1. The number of nitrogens with zero attached hydrogens (tertiary/aromatic N) is 3. The Morgan fingerprint density at radius 2 is 1.69 bits per heavy atom. The van der Waals surface area contributed by atoms with Crippen molar-refractivity contribution in [3.63, 3.8) is 0 Å². The summed E-state index contributed by atoms with van der Waals surface area (Å²) < 4.78 is 8.44. The van der Waals surface area contributed by atoms with Crippen LogP contribution in [0.4, 0.5) is 10.5 Å². The number of nitrogens with one attached hydrogen (secondary N) is 3. The van der Waals surface area contributed by atoms with Gasteiger partial charge in [-0.3, -0.25) is 13.9 Å². The smallest absolute Gasteiger partial charge is 0.333 e. The number of anilines is 1. The highest BCUT2D eigenvalue weighted by molar-refractivity contribution is 5.99. The zero-order valence-corrected chi connectivity index (χ0v) is 23.9. The van der Waals surface area contributed by atoms with Crippen LogP contribution in [0, 0.1) is 6.92 Å². The molecular weight excluding hydrogens is 532 g/mol. The summed E-state index contributed by atoms with van der Waals surface area (Å²) in [5, 5.41) is 8.93. The fourth-order valence-electron chi connectivity index (χ4n) is 5.20. The maximum atomic E-state index is 14.2. The lowest BCUT2D eigenvalue weighted by Gasteiger charge is -2.28. The number of hydrogen-bond acceptors (Lipinski definition) is 5. The van der Waals surface area contributed by atoms with Crippen LogP contribution in [0.5, 0.6) is 5.75 Å². The number of para-hydroxylation sites is 1. The van der Waals surface area contributed by atoms with Crippen molar-refractivity contribution < 1.29 is 14.3 Å². The highest BCUT2D eigenvalue weighted by Crippen LogP contribution is 2.29. The van der Waals surface area contributed by atoms with Crippen molar-refractivity contribution in [2.75, 3.05) is 45.2 Å². The minimum Gasteiger partial charge on any atom is -0.497 e. The Morgan fingerprint density at radius 3 is 2.43 bits per heavy atom. The summed E-state index contributed by atoms with van der Waals surface area (Å²) in [6.07, 6.45) is 0.444. The van der Waals surface area contributed by atoms with Crippen molar-refractivity contribution in [1.82, 2.24) is 24.7 Å². The van der Waals surface area contributed by atoms with Gasteiger partial charge in [-0.2, -0.15) is 0 Å². The van der Waals surface area contributed by atoms with Crippen molar-refractivity contribution in [2.24, 2.45) is 0 Å². The predicted octanol–water partition coefficient (Wildman–Crippen LogP) is 3.88. The molecule has 218 valence electrons. The molecule has 1 aliphatic heterocycles. The van der Waals surface area contributed by atoms with Crippen molar-refractivity contribution >= 4 is 17.6 Å². The maximum absolute atomic E-state index is 14.2. The molecule has 1 saturated heterocycles. The molecule has 0 unspecified atom stereocenters. The van der Waals surface area contributed by atoms with Crippen molar-refractivity contribution in [2.45, 2.75) is 19.9 Å². The number of piperazine rings is 1. The third-order valence-electron chi connectivity index (χ3n) is 7.32. The molecule has 42 heavy (non-hydrogen) atoms. The largest absolute Gasteiger partial charge is 0.497 e. The van der Waals surface area contributed by atoms with Gasteiger partial charge in [-0.05, 0) is 37.1 Å². The summed E-state index contributed by atoms with van der Waals surface area (Å²) in [5.74, 6) is 0.463. The molecule has 10 heteroatoms. The molecular formula is C32H36N6O4. The molecule has 0 spiro atoms. The zero-order valence-electron chi connectivity index (χ0n) is 23.9. The fraction of sp³-hybridized carbons (Fsp3) is 0.281. The van der Waals surface area contributed by atoms with Gasteiger partial charge in [0.15, 0.2) is 0 Å². The minimum absolute atomic E-state index is 0.177. The Labute approximate surface area is 244 Å². The van der Waals surface area contributed by atoms with Crippen LogP contribution in [0.2, 0.25) is 0 Å². The first-order valence-electron chi connectivity index (χ1n) is 14.1. The fourth-order valence-corrected chi connectivity index (χ4v) is 5.20. The molecule has 0 radical (unpaired) electrons. The highest BCUT2D eigenvalue weighted by Gasteiger charge is 2.31. The number of aromatic nitrogens is 2. The van der Waals surface area contributed by atoms with Crippen LogP contribution in [-0.4, -0.2) is 65.8 Å². The quantitative estimate of drug-likeness (QED) is 0.266. The summed E-state index contributed by atoms with van der Waals surface area (Å²) in [6.45, 7) is 5.02. The first-order valence-corrected chi connectivity index (χ1v) is 14.1. The average molecular weight is 569 g/mol. The van der Waals surface area contributed by atoms with E-state index in [2.05, 4.69) is 16.0 Å².